The number of hydrogen-bond donors (Lipinski definition) is 0. The van der Waals surface area contributed by atoms with Crippen molar-refractivity contribution in [3.63, 3.8) is 0 Å². The Morgan fingerprint density at radius 3 is 2.65 bits per heavy atom. The van der Waals surface area contributed by atoms with Gasteiger partial charge in [0.05, 0.1) is 11.0 Å². The molecule has 0 aliphatic heterocycles. The summed E-state index contributed by atoms with van der Waals surface area (Å²) in [6.07, 6.45) is -4.25. The van der Waals surface area contributed by atoms with Gasteiger partial charge >= 0.3 is 6.18 Å². The summed E-state index contributed by atoms with van der Waals surface area (Å²) in [5, 5.41) is 0. The second kappa shape index (κ2) is 4.33. The minimum absolute atomic E-state index is 0.171. The third-order valence-corrected chi connectivity index (χ3v) is 3.35. The molecule has 0 spiro atoms. The van der Waals surface area contributed by atoms with Crippen molar-refractivity contribution in [3.8, 4) is 0 Å². The van der Waals surface area contributed by atoms with Gasteiger partial charge in [-0.15, -0.1) is 0 Å². The molecule has 1 aromatic heterocycles. The number of alkyl halides is 4. The van der Waals surface area contributed by atoms with Crippen LogP contribution in [0.4, 0.5) is 13.2 Å². The number of nitrogens with zero attached hydrogens (tertiary/aromatic N) is 2. The van der Waals surface area contributed by atoms with Crippen molar-refractivity contribution in [2.75, 3.05) is 0 Å². The number of aromatic nitrogens is 2. The Hall–Kier alpha value is -1.04. The van der Waals surface area contributed by atoms with E-state index < -0.39 is 11.0 Å². The van der Waals surface area contributed by atoms with E-state index in [4.69, 9.17) is 0 Å². The Balaban J connectivity index is 2.39. The molecule has 1 unspecified atom stereocenters. The van der Waals surface area contributed by atoms with Gasteiger partial charge in [-0.3, -0.25) is 0 Å². The van der Waals surface area contributed by atoms with Gasteiger partial charge in [-0.25, -0.2) is 4.98 Å². The summed E-state index contributed by atoms with van der Waals surface area (Å²) in [7, 11) is 0. The fraction of sp³-hybridized carbons (Fsp3) is 0.364. The average Bonchev–Trinajstić information content (AvgIpc) is 2.54. The first-order valence-electron chi connectivity index (χ1n) is 5.02. The van der Waals surface area contributed by atoms with Gasteiger partial charge in [-0.05, 0) is 19.1 Å². The molecule has 17 heavy (non-hydrogen) atoms. The summed E-state index contributed by atoms with van der Waals surface area (Å²) in [4.78, 5) is 2.66. The quantitative estimate of drug-likeness (QED) is 0.774. The predicted octanol–water partition coefficient (Wildman–Crippen LogP) is 3.67. The van der Waals surface area contributed by atoms with Gasteiger partial charge < -0.3 is 4.57 Å². The molecule has 0 aliphatic rings. The number of imidazole rings is 1. The molecule has 6 heteroatoms. The first-order valence-corrected chi connectivity index (χ1v) is 5.94. The second-order valence-electron chi connectivity index (χ2n) is 3.77. The number of rotatable bonds is 2. The fourth-order valence-corrected chi connectivity index (χ4v) is 1.98. The maximum absolute atomic E-state index is 12.5. The molecule has 2 aromatic rings. The number of halogens is 4. The maximum Gasteiger partial charge on any atom is 0.402 e. The molecule has 0 aliphatic carbocycles. The topological polar surface area (TPSA) is 17.8 Å². The molecule has 0 saturated carbocycles. The van der Waals surface area contributed by atoms with Crippen molar-refractivity contribution in [1.29, 1.82) is 0 Å². The number of hydrogen-bond acceptors (Lipinski definition) is 1. The zero-order chi connectivity index (χ0) is 12.6. The summed E-state index contributed by atoms with van der Waals surface area (Å²) < 4.78 is 39.0. The van der Waals surface area contributed by atoms with E-state index in [0.717, 1.165) is 5.52 Å². The Kier molecular flexibility index (Phi) is 3.16. The van der Waals surface area contributed by atoms with Crippen molar-refractivity contribution in [2.24, 2.45) is 0 Å². The van der Waals surface area contributed by atoms with Crippen molar-refractivity contribution in [1.82, 2.24) is 9.55 Å². The van der Waals surface area contributed by atoms with Crippen LogP contribution in [-0.2, 0) is 6.54 Å². The van der Waals surface area contributed by atoms with Crippen molar-refractivity contribution in [2.45, 2.75) is 24.5 Å². The predicted molar refractivity (Wildman–Crippen MR) is 63.2 cm³/mol. The largest absolute Gasteiger partial charge is 0.402 e. The molecular formula is C11H10BrF3N2. The third-order valence-electron chi connectivity index (χ3n) is 2.54. The SMILES string of the molecule is Cc1nc2ccccc2n1CC(Br)C(F)(F)F. The molecule has 0 amide bonds. The molecule has 0 bridgehead atoms. The van der Waals surface area contributed by atoms with Crippen LogP contribution in [0.15, 0.2) is 24.3 Å². The van der Waals surface area contributed by atoms with Crippen LogP contribution in [0.2, 0.25) is 0 Å². The van der Waals surface area contributed by atoms with E-state index in [0.29, 0.717) is 11.3 Å². The number of para-hydroxylation sites is 2. The minimum Gasteiger partial charge on any atom is -0.327 e. The van der Waals surface area contributed by atoms with Crippen LogP contribution in [0, 0.1) is 6.92 Å². The normalized spacial score (nSPS) is 14.2. The van der Waals surface area contributed by atoms with E-state index in [1.54, 1.807) is 29.7 Å². The van der Waals surface area contributed by atoms with Crippen LogP contribution in [0.1, 0.15) is 5.82 Å². The van der Waals surface area contributed by atoms with Crippen molar-refractivity contribution >= 4 is 27.0 Å². The summed E-state index contributed by atoms with van der Waals surface area (Å²) in [5.74, 6) is 0.583. The lowest BCUT2D eigenvalue weighted by atomic mass is 10.3. The monoisotopic (exact) mass is 306 g/mol. The molecule has 1 atom stereocenters. The lowest BCUT2D eigenvalue weighted by molar-refractivity contribution is -0.129. The van der Waals surface area contributed by atoms with E-state index >= 15 is 0 Å². The first-order chi connectivity index (χ1) is 7.89. The standard InChI is InChI=1S/C11H10BrF3N2/c1-7-16-8-4-2-3-5-9(8)17(7)6-10(12)11(13,14)15/h2-5,10H,6H2,1H3. The molecular weight excluding hydrogens is 297 g/mol. The van der Waals surface area contributed by atoms with E-state index in [1.807, 2.05) is 6.07 Å². The van der Waals surface area contributed by atoms with E-state index in [2.05, 4.69) is 20.9 Å². The highest BCUT2D eigenvalue weighted by molar-refractivity contribution is 9.09. The van der Waals surface area contributed by atoms with Crippen LogP contribution in [-0.4, -0.2) is 20.6 Å². The third kappa shape index (κ3) is 2.46. The molecule has 92 valence electrons. The zero-order valence-corrected chi connectivity index (χ0v) is 10.6. The maximum atomic E-state index is 12.5. The molecule has 2 nitrogen and oxygen atoms in total. The first kappa shape index (κ1) is 12.4. The Labute approximate surface area is 105 Å². The highest BCUT2D eigenvalue weighted by Crippen LogP contribution is 2.29. The van der Waals surface area contributed by atoms with Crippen LogP contribution < -0.4 is 0 Å². The highest BCUT2D eigenvalue weighted by Gasteiger charge is 2.38. The summed E-state index contributed by atoms with van der Waals surface area (Å²) in [6, 6.07) is 7.16. The molecule has 0 saturated heterocycles. The van der Waals surface area contributed by atoms with Crippen LogP contribution in [0.5, 0.6) is 0 Å². The molecule has 1 aromatic carbocycles. The molecule has 0 radical (unpaired) electrons. The van der Waals surface area contributed by atoms with Gasteiger partial charge in [0.15, 0.2) is 0 Å². The smallest absolute Gasteiger partial charge is 0.327 e. The van der Waals surface area contributed by atoms with Crippen molar-refractivity contribution in [3.05, 3.63) is 30.1 Å². The van der Waals surface area contributed by atoms with Gasteiger partial charge in [-0.2, -0.15) is 13.2 Å². The molecule has 2 rings (SSSR count). The fourth-order valence-electron chi connectivity index (χ4n) is 1.69. The van der Waals surface area contributed by atoms with Gasteiger partial charge in [0.25, 0.3) is 0 Å². The van der Waals surface area contributed by atoms with Gasteiger partial charge in [0.1, 0.15) is 10.7 Å². The number of fused-ring (bicyclic) bond motifs is 1. The zero-order valence-electron chi connectivity index (χ0n) is 9.00. The van der Waals surface area contributed by atoms with Crippen LogP contribution in [0.25, 0.3) is 11.0 Å². The van der Waals surface area contributed by atoms with Crippen LogP contribution in [0.3, 0.4) is 0 Å². The van der Waals surface area contributed by atoms with E-state index in [9.17, 15) is 13.2 Å². The van der Waals surface area contributed by atoms with Gasteiger partial charge in [0, 0.05) is 6.54 Å². The minimum atomic E-state index is -4.25. The molecule has 1 heterocycles. The number of aryl methyl sites for hydroxylation is 1. The van der Waals surface area contributed by atoms with E-state index in [-0.39, 0.29) is 6.54 Å². The van der Waals surface area contributed by atoms with Crippen LogP contribution >= 0.6 is 15.9 Å². The molecule has 0 fully saturated rings. The molecule has 0 N–H and O–H groups in total. The summed E-state index contributed by atoms with van der Waals surface area (Å²) in [5.41, 5.74) is 1.44. The Bertz CT molecular complexity index is 533. The lowest BCUT2D eigenvalue weighted by Crippen LogP contribution is -2.27. The summed E-state index contributed by atoms with van der Waals surface area (Å²) in [6.45, 7) is 1.53. The van der Waals surface area contributed by atoms with Gasteiger partial charge in [0.2, 0.25) is 0 Å². The summed E-state index contributed by atoms with van der Waals surface area (Å²) >= 11 is 2.67. The Morgan fingerprint density at radius 2 is 2.00 bits per heavy atom. The lowest BCUT2D eigenvalue weighted by Gasteiger charge is -2.15. The number of benzene rings is 1. The Morgan fingerprint density at radius 1 is 1.35 bits per heavy atom. The van der Waals surface area contributed by atoms with E-state index in [1.165, 1.54) is 0 Å². The second-order valence-corrected chi connectivity index (χ2v) is 4.87. The highest BCUT2D eigenvalue weighted by atomic mass is 79.9. The van der Waals surface area contributed by atoms with Gasteiger partial charge in [-0.1, -0.05) is 28.1 Å². The average molecular weight is 307 g/mol. The van der Waals surface area contributed by atoms with Crippen molar-refractivity contribution < 1.29 is 13.2 Å².